The number of ether oxygens (including phenoxy) is 1. The lowest BCUT2D eigenvalue weighted by molar-refractivity contribution is -0.159. The van der Waals surface area contributed by atoms with E-state index in [1.54, 1.807) is 6.92 Å². The number of aliphatic hydroxyl groups excluding tert-OH is 2. The SMILES string of the molecule is CCOC(=O)C(O)C(O)c1cc(F)c(C)cc1Cl. The molecule has 0 radical (unpaired) electrons. The van der Waals surface area contributed by atoms with Gasteiger partial charge in [-0.1, -0.05) is 11.6 Å². The highest BCUT2D eigenvalue weighted by molar-refractivity contribution is 6.31. The maximum absolute atomic E-state index is 13.4. The Hall–Kier alpha value is -1.17. The van der Waals surface area contributed by atoms with Crippen molar-refractivity contribution in [3.63, 3.8) is 0 Å². The van der Waals surface area contributed by atoms with Gasteiger partial charge >= 0.3 is 5.97 Å². The second-order valence-corrected chi connectivity index (χ2v) is 4.17. The Labute approximate surface area is 109 Å². The van der Waals surface area contributed by atoms with E-state index in [1.807, 2.05) is 0 Å². The Bertz CT molecular complexity index is 450. The summed E-state index contributed by atoms with van der Waals surface area (Å²) in [6, 6.07) is 2.30. The summed E-state index contributed by atoms with van der Waals surface area (Å²) in [6.45, 7) is 3.15. The van der Waals surface area contributed by atoms with Crippen molar-refractivity contribution in [1.82, 2.24) is 0 Å². The van der Waals surface area contributed by atoms with Crippen LogP contribution in [0.15, 0.2) is 12.1 Å². The average Bonchev–Trinajstić information content (AvgIpc) is 2.32. The quantitative estimate of drug-likeness (QED) is 0.822. The van der Waals surface area contributed by atoms with Gasteiger partial charge in [-0.05, 0) is 31.5 Å². The van der Waals surface area contributed by atoms with Crippen molar-refractivity contribution in [2.75, 3.05) is 6.61 Å². The van der Waals surface area contributed by atoms with Gasteiger partial charge < -0.3 is 14.9 Å². The minimum absolute atomic E-state index is 0.0553. The van der Waals surface area contributed by atoms with E-state index in [2.05, 4.69) is 4.74 Å². The Kier molecular flexibility index (Phi) is 5.07. The fourth-order valence-corrected chi connectivity index (χ4v) is 1.74. The van der Waals surface area contributed by atoms with E-state index in [-0.39, 0.29) is 17.2 Å². The number of halogens is 2. The summed E-state index contributed by atoms with van der Waals surface area (Å²) in [4.78, 5) is 11.3. The molecule has 0 aliphatic carbocycles. The third-order valence-electron chi connectivity index (χ3n) is 2.42. The highest BCUT2D eigenvalue weighted by atomic mass is 35.5. The molecule has 1 rings (SSSR count). The molecule has 0 saturated heterocycles. The molecule has 2 N–H and O–H groups in total. The molecule has 6 heteroatoms. The smallest absolute Gasteiger partial charge is 0.338 e. The molecular formula is C12H14ClFO4. The van der Waals surface area contributed by atoms with Crippen LogP contribution < -0.4 is 0 Å². The van der Waals surface area contributed by atoms with Crippen molar-refractivity contribution in [3.8, 4) is 0 Å². The summed E-state index contributed by atoms with van der Waals surface area (Å²) >= 11 is 5.83. The van der Waals surface area contributed by atoms with Gasteiger partial charge in [0.25, 0.3) is 0 Å². The van der Waals surface area contributed by atoms with Gasteiger partial charge in [0.1, 0.15) is 11.9 Å². The number of hydrogen-bond donors (Lipinski definition) is 2. The summed E-state index contributed by atoms with van der Waals surface area (Å²) in [7, 11) is 0. The molecule has 1 aromatic carbocycles. The van der Waals surface area contributed by atoms with Crippen molar-refractivity contribution >= 4 is 17.6 Å². The predicted octanol–water partition coefficient (Wildman–Crippen LogP) is 1.74. The van der Waals surface area contributed by atoms with Gasteiger partial charge in [0.2, 0.25) is 0 Å². The first kappa shape index (κ1) is 14.9. The Morgan fingerprint density at radius 2 is 2.11 bits per heavy atom. The van der Waals surface area contributed by atoms with E-state index in [1.165, 1.54) is 13.0 Å². The van der Waals surface area contributed by atoms with Crippen LogP contribution in [0.25, 0.3) is 0 Å². The van der Waals surface area contributed by atoms with Gasteiger partial charge in [0.15, 0.2) is 6.10 Å². The number of rotatable bonds is 4. The van der Waals surface area contributed by atoms with E-state index in [9.17, 15) is 19.4 Å². The molecule has 0 aliphatic heterocycles. The van der Waals surface area contributed by atoms with Crippen molar-refractivity contribution in [3.05, 3.63) is 34.1 Å². The summed E-state index contributed by atoms with van der Waals surface area (Å²) < 4.78 is 17.9. The maximum atomic E-state index is 13.4. The normalized spacial score (nSPS) is 14.1. The van der Waals surface area contributed by atoms with Crippen molar-refractivity contribution in [2.24, 2.45) is 0 Å². The van der Waals surface area contributed by atoms with Crippen LogP contribution in [0.3, 0.4) is 0 Å². The molecule has 0 spiro atoms. The first-order valence-electron chi connectivity index (χ1n) is 5.36. The van der Waals surface area contributed by atoms with Crippen molar-refractivity contribution < 1.29 is 24.1 Å². The van der Waals surface area contributed by atoms with E-state index in [0.29, 0.717) is 5.56 Å². The van der Waals surface area contributed by atoms with Gasteiger partial charge in [-0.3, -0.25) is 0 Å². The van der Waals surface area contributed by atoms with E-state index >= 15 is 0 Å². The lowest BCUT2D eigenvalue weighted by atomic mass is 10.0. The molecule has 1 aromatic rings. The van der Waals surface area contributed by atoms with Crippen LogP contribution >= 0.6 is 11.6 Å². The predicted molar refractivity (Wildman–Crippen MR) is 63.7 cm³/mol. The van der Waals surface area contributed by atoms with Crippen LogP contribution in [-0.4, -0.2) is 28.9 Å². The molecule has 2 atom stereocenters. The van der Waals surface area contributed by atoms with E-state index in [0.717, 1.165) is 6.07 Å². The standard InChI is InChI=1S/C12H14ClFO4/c1-3-18-12(17)11(16)10(15)7-5-9(14)6(2)4-8(7)13/h4-5,10-11,15-16H,3H2,1-2H3. The Morgan fingerprint density at radius 1 is 1.50 bits per heavy atom. The van der Waals surface area contributed by atoms with E-state index < -0.39 is 24.0 Å². The zero-order valence-corrected chi connectivity index (χ0v) is 10.7. The molecule has 2 unspecified atom stereocenters. The number of benzene rings is 1. The fourth-order valence-electron chi connectivity index (χ4n) is 1.41. The number of carbonyl (C=O) groups excluding carboxylic acids is 1. The number of aryl methyl sites for hydroxylation is 1. The monoisotopic (exact) mass is 276 g/mol. The lowest BCUT2D eigenvalue weighted by Gasteiger charge is -2.18. The summed E-state index contributed by atoms with van der Waals surface area (Å²) in [5, 5.41) is 19.4. The fraction of sp³-hybridized carbons (Fsp3) is 0.417. The third kappa shape index (κ3) is 3.19. The van der Waals surface area contributed by atoms with Crippen LogP contribution in [0.2, 0.25) is 5.02 Å². The molecule has 0 fully saturated rings. The maximum Gasteiger partial charge on any atom is 0.338 e. The zero-order chi connectivity index (χ0) is 13.9. The van der Waals surface area contributed by atoms with Crippen molar-refractivity contribution in [1.29, 1.82) is 0 Å². The summed E-state index contributed by atoms with van der Waals surface area (Å²) in [5.74, 6) is -1.56. The minimum atomic E-state index is -1.80. The number of hydrogen-bond acceptors (Lipinski definition) is 4. The second kappa shape index (κ2) is 6.13. The highest BCUT2D eigenvalue weighted by Crippen LogP contribution is 2.28. The average molecular weight is 277 g/mol. The van der Waals surface area contributed by atoms with Gasteiger partial charge in [0.05, 0.1) is 6.61 Å². The number of carbonyl (C=O) groups is 1. The van der Waals surface area contributed by atoms with Crippen LogP contribution in [0, 0.1) is 12.7 Å². The lowest BCUT2D eigenvalue weighted by Crippen LogP contribution is -2.30. The van der Waals surface area contributed by atoms with Gasteiger partial charge in [0, 0.05) is 10.6 Å². The number of esters is 1. The summed E-state index contributed by atoms with van der Waals surface area (Å²) in [5.41, 5.74) is 0.252. The molecule has 0 bridgehead atoms. The molecular weight excluding hydrogens is 263 g/mol. The molecule has 0 aliphatic rings. The third-order valence-corrected chi connectivity index (χ3v) is 2.75. The molecule has 0 amide bonds. The molecule has 100 valence electrons. The van der Waals surface area contributed by atoms with Gasteiger partial charge in [-0.15, -0.1) is 0 Å². The molecule has 4 nitrogen and oxygen atoms in total. The number of aliphatic hydroxyl groups is 2. The van der Waals surface area contributed by atoms with Crippen LogP contribution in [0.1, 0.15) is 24.2 Å². The molecule has 18 heavy (non-hydrogen) atoms. The highest BCUT2D eigenvalue weighted by Gasteiger charge is 2.29. The first-order valence-corrected chi connectivity index (χ1v) is 5.74. The molecule has 0 aromatic heterocycles. The van der Waals surface area contributed by atoms with Gasteiger partial charge in [-0.25, -0.2) is 9.18 Å². The Balaban J connectivity index is 3.00. The van der Waals surface area contributed by atoms with Crippen LogP contribution in [-0.2, 0) is 9.53 Å². The first-order chi connectivity index (χ1) is 8.38. The van der Waals surface area contributed by atoms with E-state index in [4.69, 9.17) is 11.6 Å². The zero-order valence-electron chi connectivity index (χ0n) is 9.98. The van der Waals surface area contributed by atoms with Crippen LogP contribution in [0.4, 0.5) is 4.39 Å². The van der Waals surface area contributed by atoms with Crippen molar-refractivity contribution in [2.45, 2.75) is 26.1 Å². The van der Waals surface area contributed by atoms with Crippen LogP contribution in [0.5, 0.6) is 0 Å². The minimum Gasteiger partial charge on any atom is -0.464 e. The topological polar surface area (TPSA) is 66.8 Å². The van der Waals surface area contributed by atoms with Gasteiger partial charge in [-0.2, -0.15) is 0 Å². The Morgan fingerprint density at radius 3 is 2.67 bits per heavy atom. The second-order valence-electron chi connectivity index (χ2n) is 3.76. The molecule has 0 heterocycles. The molecule has 0 saturated carbocycles. The summed E-state index contributed by atoms with van der Waals surface area (Å²) in [6.07, 6.45) is -3.43. The largest absolute Gasteiger partial charge is 0.464 e.